The summed E-state index contributed by atoms with van der Waals surface area (Å²) >= 11 is 7.85. The van der Waals surface area contributed by atoms with E-state index in [1.54, 1.807) is 24.2 Å². The molecule has 0 saturated carbocycles. The van der Waals surface area contributed by atoms with Crippen molar-refractivity contribution in [3.63, 3.8) is 0 Å². The van der Waals surface area contributed by atoms with Gasteiger partial charge in [-0.2, -0.15) is 4.98 Å². The van der Waals surface area contributed by atoms with Gasteiger partial charge < -0.3 is 0 Å². The molecule has 1 aliphatic rings. The first-order valence-corrected chi connectivity index (χ1v) is 9.96. The highest BCUT2D eigenvalue weighted by molar-refractivity contribution is 7.98. The molecule has 3 aromatic rings. The van der Waals surface area contributed by atoms with Gasteiger partial charge in [-0.05, 0) is 48.6 Å². The summed E-state index contributed by atoms with van der Waals surface area (Å²) in [6, 6.07) is 11.7. The van der Waals surface area contributed by atoms with Crippen LogP contribution in [-0.4, -0.2) is 14.5 Å². The zero-order chi connectivity index (χ0) is 17.9. The highest BCUT2D eigenvalue weighted by Gasteiger charge is 2.22. The lowest BCUT2D eigenvalue weighted by Crippen LogP contribution is -2.27. The SMILES string of the molecule is O=c1nc(SCc2ccccc2Cl)c2c(n1Cc1ccncc1)CCC2. The van der Waals surface area contributed by atoms with Crippen LogP contribution in [0.15, 0.2) is 58.6 Å². The fraction of sp³-hybridized carbons (Fsp3) is 0.250. The third-order valence-corrected chi connectivity index (χ3v) is 6.05. The third-order valence-electron chi connectivity index (χ3n) is 4.61. The van der Waals surface area contributed by atoms with Crippen LogP contribution in [0.5, 0.6) is 0 Å². The van der Waals surface area contributed by atoms with E-state index < -0.39 is 0 Å². The van der Waals surface area contributed by atoms with E-state index in [0.29, 0.717) is 12.3 Å². The van der Waals surface area contributed by atoms with Gasteiger partial charge in [0.15, 0.2) is 0 Å². The number of aromatic nitrogens is 3. The van der Waals surface area contributed by atoms with Crippen molar-refractivity contribution in [2.75, 3.05) is 0 Å². The molecule has 4 nitrogen and oxygen atoms in total. The minimum absolute atomic E-state index is 0.177. The van der Waals surface area contributed by atoms with Crippen LogP contribution in [0.4, 0.5) is 0 Å². The number of pyridine rings is 1. The van der Waals surface area contributed by atoms with E-state index in [-0.39, 0.29) is 5.69 Å². The maximum absolute atomic E-state index is 12.7. The summed E-state index contributed by atoms with van der Waals surface area (Å²) in [7, 11) is 0. The zero-order valence-corrected chi connectivity index (χ0v) is 15.8. The molecule has 0 atom stereocenters. The standard InChI is InChI=1S/C20H18ClN3OS/c21-17-6-2-1-4-15(17)13-26-19-16-5-3-7-18(16)24(20(25)23-19)12-14-8-10-22-11-9-14/h1-2,4,6,8-11H,3,5,7,12-13H2. The predicted molar refractivity (Wildman–Crippen MR) is 105 cm³/mol. The Balaban J connectivity index is 1.64. The Morgan fingerprint density at radius 1 is 1.12 bits per heavy atom. The summed E-state index contributed by atoms with van der Waals surface area (Å²) in [5, 5.41) is 1.61. The minimum atomic E-state index is -0.177. The lowest BCUT2D eigenvalue weighted by atomic mass is 10.2. The number of nitrogens with zero attached hydrogens (tertiary/aromatic N) is 3. The average molecular weight is 384 g/mol. The lowest BCUT2D eigenvalue weighted by molar-refractivity contribution is 0.666. The van der Waals surface area contributed by atoms with E-state index in [1.165, 1.54) is 5.56 Å². The molecule has 132 valence electrons. The van der Waals surface area contributed by atoms with Crippen molar-refractivity contribution in [2.24, 2.45) is 0 Å². The molecule has 26 heavy (non-hydrogen) atoms. The lowest BCUT2D eigenvalue weighted by Gasteiger charge is -2.14. The molecule has 2 aromatic heterocycles. The maximum Gasteiger partial charge on any atom is 0.349 e. The molecule has 0 bridgehead atoms. The smallest absolute Gasteiger partial charge is 0.292 e. The van der Waals surface area contributed by atoms with Crippen molar-refractivity contribution in [1.29, 1.82) is 0 Å². The number of rotatable bonds is 5. The van der Waals surface area contributed by atoms with Crippen molar-refractivity contribution in [1.82, 2.24) is 14.5 Å². The Bertz CT molecular complexity index is 988. The molecule has 0 radical (unpaired) electrons. The Morgan fingerprint density at radius 2 is 1.92 bits per heavy atom. The van der Waals surface area contributed by atoms with Crippen LogP contribution in [-0.2, 0) is 25.1 Å². The molecule has 1 aromatic carbocycles. The largest absolute Gasteiger partial charge is 0.349 e. The Kier molecular flexibility index (Phi) is 5.09. The second-order valence-corrected chi connectivity index (χ2v) is 7.67. The van der Waals surface area contributed by atoms with Crippen LogP contribution in [0.2, 0.25) is 5.02 Å². The van der Waals surface area contributed by atoms with Crippen molar-refractivity contribution in [3.05, 3.63) is 86.7 Å². The fourth-order valence-corrected chi connectivity index (χ4v) is 4.66. The number of hydrogen-bond acceptors (Lipinski definition) is 4. The molecule has 0 amide bonds. The third kappa shape index (κ3) is 3.55. The van der Waals surface area contributed by atoms with Crippen molar-refractivity contribution < 1.29 is 0 Å². The van der Waals surface area contributed by atoms with Gasteiger partial charge in [0.2, 0.25) is 0 Å². The molecule has 0 fully saturated rings. The first-order chi connectivity index (χ1) is 12.7. The van der Waals surface area contributed by atoms with Crippen molar-refractivity contribution >= 4 is 23.4 Å². The van der Waals surface area contributed by atoms with Crippen LogP contribution in [0, 0.1) is 0 Å². The normalized spacial score (nSPS) is 13.0. The topological polar surface area (TPSA) is 47.8 Å². The van der Waals surface area contributed by atoms with Gasteiger partial charge in [-0.3, -0.25) is 9.55 Å². The molecular formula is C20H18ClN3OS. The number of fused-ring (bicyclic) bond motifs is 1. The van der Waals surface area contributed by atoms with Gasteiger partial charge >= 0.3 is 5.69 Å². The molecule has 6 heteroatoms. The Hall–Kier alpha value is -2.11. The molecular weight excluding hydrogens is 366 g/mol. The van der Waals surface area contributed by atoms with Crippen LogP contribution in [0.1, 0.15) is 28.8 Å². The quantitative estimate of drug-likeness (QED) is 0.491. The molecule has 1 aliphatic carbocycles. The summed E-state index contributed by atoms with van der Waals surface area (Å²) in [6.07, 6.45) is 6.47. The molecule has 0 saturated heterocycles. The molecule has 4 rings (SSSR count). The number of halogens is 1. The molecule has 0 N–H and O–H groups in total. The van der Waals surface area contributed by atoms with E-state index in [1.807, 2.05) is 41.0 Å². The number of thioether (sulfide) groups is 1. The highest BCUT2D eigenvalue weighted by atomic mass is 35.5. The van der Waals surface area contributed by atoms with Gasteiger partial charge in [0.1, 0.15) is 5.03 Å². The van der Waals surface area contributed by atoms with E-state index >= 15 is 0 Å². The molecule has 2 heterocycles. The number of benzene rings is 1. The van der Waals surface area contributed by atoms with Crippen molar-refractivity contribution in [3.8, 4) is 0 Å². The zero-order valence-electron chi connectivity index (χ0n) is 14.2. The van der Waals surface area contributed by atoms with Crippen molar-refractivity contribution in [2.45, 2.75) is 36.6 Å². The van der Waals surface area contributed by atoms with Crippen LogP contribution in [0.25, 0.3) is 0 Å². The van der Waals surface area contributed by atoms with E-state index in [4.69, 9.17) is 11.6 Å². The Labute approximate surface area is 161 Å². The van der Waals surface area contributed by atoms with Gasteiger partial charge in [0.05, 0.1) is 6.54 Å². The van der Waals surface area contributed by atoms with Crippen LogP contribution >= 0.6 is 23.4 Å². The van der Waals surface area contributed by atoms with Crippen LogP contribution in [0.3, 0.4) is 0 Å². The fourth-order valence-electron chi connectivity index (χ4n) is 3.30. The van der Waals surface area contributed by atoms with Gasteiger partial charge in [0.25, 0.3) is 0 Å². The summed E-state index contributed by atoms with van der Waals surface area (Å²) in [5.41, 5.74) is 4.30. The first kappa shape index (κ1) is 17.3. The van der Waals surface area contributed by atoms with E-state index in [2.05, 4.69) is 9.97 Å². The van der Waals surface area contributed by atoms with Gasteiger partial charge in [0, 0.05) is 34.4 Å². The van der Waals surface area contributed by atoms with Gasteiger partial charge in [-0.1, -0.05) is 29.8 Å². The molecule has 0 unspecified atom stereocenters. The monoisotopic (exact) mass is 383 g/mol. The minimum Gasteiger partial charge on any atom is -0.292 e. The predicted octanol–water partition coefficient (Wildman–Crippen LogP) is 4.12. The van der Waals surface area contributed by atoms with Crippen LogP contribution < -0.4 is 5.69 Å². The van der Waals surface area contributed by atoms with Gasteiger partial charge in [-0.25, -0.2) is 4.79 Å². The maximum atomic E-state index is 12.7. The summed E-state index contributed by atoms with van der Waals surface area (Å²) < 4.78 is 1.82. The summed E-state index contributed by atoms with van der Waals surface area (Å²) in [6.45, 7) is 0.548. The first-order valence-electron chi connectivity index (χ1n) is 8.60. The molecule has 0 spiro atoms. The van der Waals surface area contributed by atoms with E-state index in [0.717, 1.165) is 46.1 Å². The Morgan fingerprint density at radius 3 is 2.73 bits per heavy atom. The highest BCUT2D eigenvalue weighted by Crippen LogP contribution is 2.32. The van der Waals surface area contributed by atoms with Gasteiger partial charge in [-0.15, -0.1) is 11.8 Å². The average Bonchev–Trinajstić information content (AvgIpc) is 3.14. The summed E-state index contributed by atoms with van der Waals surface area (Å²) in [4.78, 5) is 21.1. The number of hydrogen-bond donors (Lipinski definition) is 0. The second-order valence-electron chi connectivity index (χ2n) is 6.30. The van der Waals surface area contributed by atoms with E-state index in [9.17, 15) is 4.79 Å². The molecule has 0 aliphatic heterocycles. The second kappa shape index (κ2) is 7.64. The summed E-state index contributed by atoms with van der Waals surface area (Å²) in [5.74, 6) is 0.715.